The van der Waals surface area contributed by atoms with Crippen molar-refractivity contribution in [1.29, 1.82) is 0 Å². The van der Waals surface area contributed by atoms with Crippen LogP contribution in [0.4, 0.5) is 0 Å². The number of amides is 1. The van der Waals surface area contributed by atoms with Crippen LogP contribution in [-0.2, 0) is 4.79 Å². The van der Waals surface area contributed by atoms with Crippen LogP contribution in [0.2, 0.25) is 0 Å². The Morgan fingerprint density at radius 3 is 2.00 bits per heavy atom. The minimum atomic E-state index is 0.209. The van der Waals surface area contributed by atoms with E-state index in [9.17, 15) is 4.79 Å². The summed E-state index contributed by atoms with van der Waals surface area (Å²) in [5.74, 6) is 3.55. The maximum atomic E-state index is 12.8. The van der Waals surface area contributed by atoms with Crippen LogP contribution in [0.25, 0.3) is 0 Å². The number of hydrogen-bond acceptors (Lipinski definition) is 2. The predicted molar refractivity (Wildman–Crippen MR) is 114 cm³/mol. The van der Waals surface area contributed by atoms with Gasteiger partial charge in [0.05, 0.1) is 5.75 Å². The minimum absolute atomic E-state index is 0.209. The number of rotatable bonds is 5. The molecule has 3 heteroatoms. The van der Waals surface area contributed by atoms with Gasteiger partial charge in [-0.1, -0.05) is 6.07 Å². The second kappa shape index (κ2) is 7.13. The van der Waals surface area contributed by atoms with E-state index in [-0.39, 0.29) is 5.91 Å². The Bertz CT molecular complexity index is 692. The Hall–Kier alpha value is -0.960. The molecule has 1 N–H and O–H groups in total. The molecule has 0 aliphatic heterocycles. The molecule has 4 bridgehead atoms. The SMILES string of the molecule is Cc1cc(C)c(C)c(SCC(=O)N[C@@H](C)C23CC4CC(CC(C4)C2)C3)c1C. The topological polar surface area (TPSA) is 29.1 Å². The van der Waals surface area contributed by atoms with Crippen LogP contribution in [0.1, 0.15) is 67.7 Å². The highest BCUT2D eigenvalue weighted by molar-refractivity contribution is 8.00. The van der Waals surface area contributed by atoms with Crippen molar-refractivity contribution in [1.82, 2.24) is 5.32 Å². The molecule has 1 aromatic rings. The summed E-state index contributed by atoms with van der Waals surface area (Å²) in [6.07, 6.45) is 8.43. The van der Waals surface area contributed by atoms with Crippen molar-refractivity contribution in [2.75, 3.05) is 5.75 Å². The molecule has 27 heavy (non-hydrogen) atoms. The molecule has 0 spiro atoms. The lowest BCUT2D eigenvalue weighted by atomic mass is 9.48. The van der Waals surface area contributed by atoms with Gasteiger partial charge in [-0.05, 0) is 119 Å². The molecule has 148 valence electrons. The summed E-state index contributed by atoms with van der Waals surface area (Å²) in [5, 5.41) is 3.42. The van der Waals surface area contributed by atoms with Gasteiger partial charge in [0.25, 0.3) is 0 Å². The third kappa shape index (κ3) is 3.57. The molecule has 0 unspecified atom stereocenters. The molecule has 4 aliphatic carbocycles. The quantitative estimate of drug-likeness (QED) is 0.655. The summed E-state index contributed by atoms with van der Waals surface area (Å²) in [6, 6.07) is 2.57. The zero-order chi connectivity index (χ0) is 19.3. The summed E-state index contributed by atoms with van der Waals surface area (Å²) in [7, 11) is 0. The average Bonchev–Trinajstić information content (AvgIpc) is 2.59. The van der Waals surface area contributed by atoms with E-state index in [2.05, 4.69) is 46.0 Å². The van der Waals surface area contributed by atoms with Crippen LogP contribution in [0.5, 0.6) is 0 Å². The van der Waals surface area contributed by atoms with Crippen molar-refractivity contribution in [3.05, 3.63) is 28.3 Å². The van der Waals surface area contributed by atoms with E-state index in [4.69, 9.17) is 0 Å². The standard InChI is InChI=1S/C24H35NOS/c1-14-6-15(2)17(4)23(16(14)3)27-13-22(26)25-18(5)24-10-19-7-20(11-24)9-21(8-19)12-24/h6,18-21H,7-13H2,1-5H3,(H,25,26)/t18-,19?,20?,21?,24?/m0/s1. The van der Waals surface area contributed by atoms with Gasteiger partial charge in [-0.15, -0.1) is 11.8 Å². The molecule has 1 aromatic carbocycles. The number of aryl methyl sites for hydroxylation is 2. The molecular formula is C24H35NOS. The van der Waals surface area contributed by atoms with Gasteiger partial charge in [0.15, 0.2) is 0 Å². The normalized spacial score (nSPS) is 32.6. The van der Waals surface area contributed by atoms with E-state index in [1.165, 1.54) is 65.7 Å². The molecule has 0 heterocycles. The lowest BCUT2D eigenvalue weighted by molar-refractivity contribution is -0.123. The molecule has 1 atom stereocenters. The summed E-state index contributed by atoms with van der Waals surface area (Å²) >= 11 is 1.72. The Morgan fingerprint density at radius 2 is 1.52 bits per heavy atom. The van der Waals surface area contributed by atoms with Crippen LogP contribution in [-0.4, -0.2) is 17.7 Å². The molecule has 4 saturated carbocycles. The number of carbonyl (C=O) groups is 1. The molecule has 4 aliphatic rings. The minimum Gasteiger partial charge on any atom is -0.352 e. The van der Waals surface area contributed by atoms with Crippen molar-refractivity contribution in [2.24, 2.45) is 23.2 Å². The molecular weight excluding hydrogens is 350 g/mol. The van der Waals surface area contributed by atoms with Gasteiger partial charge in [0, 0.05) is 10.9 Å². The Morgan fingerprint density at radius 1 is 1.04 bits per heavy atom. The monoisotopic (exact) mass is 385 g/mol. The third-order valence-electron chi connectivity index (χ3n) is 8.03. The third-order valence-corrected chi connectivity index (χ3v) is 9.33. The van der Waals surface area contributed by atoms with Crippen molar-refractivity contribution < 1.29 is 4.79 Å². The van der Waals surface area contributed by atoms with Crippen molar-refractivity contribution in [3.8, 4) is 0 Å². The number of hydrogen-bond donors (Lipinski definition) is 1. The molecule has 0 aromatic heterocycles. The first kappa shape index (κ1) is 19.4. The summed E-state index contributed by atoms with van der Waals surface area (Å²) in [5.41, 5.74) is 5.68. The summed E-state index contributed by atoms with van der Waals surface area (Å²) in [6.45, 7) is 11.0. The first-order valence-corrected chi connectivity index (χ1v) is 11.8. The van der Waals surface area contributed by atoms with Crippen molar-refractivity contribution in [3.63, 3.8) is 0 Å². The van der Waals surface area contributed by atoms with Gasteiger partial charge >= 0.3 is 0 Å². The van der Waals surface area contributed by atoms with Gasteiger partial charge in [-0.2, -0.15) is 0 Å². The smallest absolute Gasteiger partial charge is 0.230 e. The highest BCUT2D eigenvalue weighted by atomic mass is 32.2. The molecule has 1 amide bonds. The van der Waals surface area contributed by atoms with Crippen LogP contribution in [0.15, 0.2) is 11.0 Å². The van der Waals surface area contributed by atoms with E-state index in [1.54, 1.807) is 11.8 Å². The van der Waals surface area contributed by atoms with Gasteiger partial charge in [-0.25, -0.2) is 0 Å². The summed E-state index contributed by atoms with van der Waals surface area (Å²) in [4.78, 5) is 14.1. The predicted octanol–water partition coefficient (Wildman–Crippen LogP) is 5.73. The van der Waals surface area contributed by atoms with Gasteiger partial charge < -0.3 is 5.32 Å². The molecule has 4 fully saturated rings. The highest BCUT2D eigenvalue weighted by Crippen LogP contribution is 2.61. The fourth-order valence-corrected chi connectivity index (χ4v) is 7.79. The molecule has 0 saturated heterocycles. The Labute approximate surface area is 169 Å². The van der Waals surface area contributed by atoms with Crippen molar-refractivity contribution >= 4 is 17.7 Å². The van der Waals surface area contributed by atoms with E-state index < -0.39 is 0 Å². The van der Waals surface area contributed by atoms with E-state index in [0.717, 1.165) is 17.8 Å². The first-order valence-electron chi connectivity index (χ1n) is 10.8. The van der Waals surface area contributed by atoms with E-state index in [0.29, 0.717) is 17.2 Å². The lowest BCUT2D eigenvalue weighted by Crippen LogP contribution is -2.56. The van der Waals surface area contributed by atoms with E-state index >= 15 is 0 Å². The van der Waals surface area contributed by atoms with Gasteiger partial charge in [-0.3, -0.25) is 4.79 Å². The number of thioether (sulfide) groups is 1. The molecule has 5 rings (SSSR count). The van der Waals surface area contributed by atoms with E-state index in [1.807, 2.05) is 0 Å². The average molecular weight is 386 g/mol. The Balaban J connectivity index is 1.39. The van der Waals surface area contributed by atoms with Crippen LogP contribution in [0, 0.1) is 50.9 Å². The van der Waals surface area contributed by atoms with Crippen molar-refractivity contribution in [2.45, 2.75) is 84.1 Å². The first-order chi connectivity index (χ1) is 12.8. The maximum absolute atomic E-state index is 12.8. The Kier molecular flexibility index (Phi) is 5.12. The zero-order valence-electron chi connectivity index (χ0n) is 17.7. The molecule has 2 nitrogen and oxygen atoms in total. The van der Waals surface area contributed by atoms with Crippen LogP contribution >= 0.6 is 11.8 Å². The van der Waals surface area contributed by atoms with Crippen LogP contribution < -0.4 is 5.32 Å². The fraction of sp³-hybridized carbons (Fsp3) is 0.708. The van der Waals surface area contributed by atoms with Gasteiger partial charge in [0.1, 0.15) is 0 Å². The fourth-order valence-electron chi connectivity index (χ4n) is 6.68. The largest absolute Gasteiger partial charge is 0.352 e. The number of benzene rings is 1. The number of carbonyl (C=O) groups excluding carboxylic acids is 1. The molecule has 0 radical (unpaired) electrons. The number of nitrogens with one attached hydrogen (secondary N) is 1. The summed E-state index contributed by atoms with van der Waals surface area (Å²) < 4.78 is 0. The van der Waals surface area contributed by atoms with Crippen LogP contribution in [0.3, 0.4) is 0 Å². The highest BCUT2D eigenvalue weighted by Gasteiger charge is 2.53. The second-order valence-corrected chi connectivity index (χ2v) is 10.9. The maximum Gasteiger partial charge on any atom is 0.230 e. The second-order valence-electron chi connectivity index (χ2n) is 9.95. The lowest BCUT2D eigenvalue weighted by Gasteiger charge is -2.59. The van der Waals surface area contributed by atoms with Gasteiger partial charge in [0.2, 0.25) is 5.91 Å². The zero-order valence-corrected chi connectivity index (χ0v) is 18.5.